The number of hydrogen-bond donors (Lipinski definition) is 2. The van der Waals surface area contributed by atoms with Crippen LogP contribution in [0, 0.1) is 5.41 Å². The summed E-state index contributed by atoms with van der Waals surface area (Å²) in [5, 5.41) is 2.70. The molecule has 2 N–H and O–H groups in total. The first kappa shape index (κ1) is 15.0. The van der Waals surface area contributed by atoms with Crippen LogP contribution in [0.1, 0.15) is 6.92 Å². The van der Waals surface area contributed by atoms with Crippen LogP contribution < -0.4 is 10.0 Å². The summed E-state index contributed by atoms with van der Waals surface area (Å²) in [5.74, 6) is -0.349. The van der Waals surface area contributed by atoms with Gasteiger partial charge in [-0.15, -0.1) is 0 Å². The first-order valence-electron chi connectivity index (χ1n) is 6.31. The Bertz CT molecular complexity index is 567. The van der Waals surface area contributed by atoms with Crippen LogP contribution in [0.5, 0.6) is 0 Å². The molecule has 0 spiro atoms. The highest BCUT2D eigenvalue weighted by molar-refractivity contribution is 7.89. The molecule has 0 unspecified atom stereocenters. The van der Waals surface area contributed by atoms with Crippen molar-refractivity contribution in [2.75, 3.05) is 26.3 Å². The van der Waals surface area contributed by atoms with Crippen LogP contribution in [0.25, 0.3) is 0 Å². The second kappa shape index (κ2) is 5.90. The third-order valence-electron chi connectivity index (χ3n) is 3.09. The van der Waals surface area contributed by atoms with Crippen molar-refractivity contribution in [3.63, 3.8) is 0 Å². The second-order valence-corrected chi connectivity index (χ2v) is 6.98. The van der Waals surface area contributed by atoms with Crippen LogP contribution in [0.3, 0.4) is 0 Å². The van der Waals surface area contributed by atoms with Gasteiger partial charge in [0.15, 0.2) is 0 Å². The molecule has 0 bridgehead atoms. The van der Waals surface area contributed by atoms with Gasteiger partial charge in [0.25, 0.3) is 0 Å². The molecule has 2 rings (SSSR count). The van der Waals surface area contributed by atoms with Gasteiger partial charge in [0.2, 0.25) is 15.9 Å². The number of benzene rings is 1. The third-order valence-corrected chi connectivity index (χ3v) is 4.51. The molecule has 1 heterocycles. The average molecular weight is 298 g/mol. The van der Waals surface area contributed by atoms with Crippen molar-refractivity contribution >= 4 is 15.9 Å². The summed E-state index contributed by atoms with van der Waals surface area (Å²) in [6, 6.07) is 7.95. The van der Waals surface area contributed by atoms with Crippen LogP contribution >= 0.6 is 0 Å². The molecular formula is C13H18N2O4S. The normalized spacial score (nSPS) is 17.2. The standard InChI is InChI=1S/C13H18N2O4S/c1-13(9-19-10-13)8-14-12(16)7-15-20(17,18)11-5-3-2-4-6-11/h2-6,15H,7-10H2,1H3,(H,14,16). The molecular weight excluding hydrogens is 280 g/mol. The maximum atomic E-state index is 11.9. The summed E-state index contributed by atoms with van der Waals surface area (Å²) in [5.41, 5.74) is -0.0338. The minimum absolute atomic E-state index is 0.0338. The number of hydrogen-bond acceptors (Lipinski definition) is 4. The molecule has 7 heteroatoms. The van der Waals surface area contributed by atoms with Crippen LogP contribution in [0.4, 0.5) is 0 Å². The lowest BCUT2D eigenvalue weighted by molar-refractivity contribution is -0.125. The maximum Gasteiger partial charge on any atom is 0.241 e. The Hall–Kier alpha value is -1.44. The van der Waals surface area contributed by atoms with Gasteiger partial charge in [-0.05, 0) is 12.1 Å². The lowest BCUT2D eigenvalue weighted by Crippen LogP contribution is -2.50. The van der Waals surface area contributed by atoms with Crippen molar-refractivity contribution in [1.29, 1.82) is 0 Å². The highest BCUT2D eigenvalue weighted by atomic mass is 32.2. The number of carbonyl (C=O) groups excluding carboxylic acids is 1. The molecule has 110 valence electrons. The number of carbonyl (C=O) groups is 1. The quantitative estimate of drug-likeness (QED) is 0.781. The van der Waals surface area contributed by atoms with E-state index in [-0.39, 0.29) is 22.8 Å². The first-order valence-corrected chi connectivity index (χ1v) is 7.79. The van der Waals surface area contributed by atoms with Crippen molar-refractivity contribution in [2.24, 2.45) is 5.41 Å². The third kappa shape index (κ3) is 3.78. The van der Waals surface area contributed by atoms with Gasteiger partial charge in [-0.2, -0.15) is 0 Å². The SMILES string of the molecule is CC1(CNC(=O)CNS(=O)(=O)c2ccccc2)COC1. The Balaban J connectivity index is 1.81. The Kier molecular flexibility index (Phi) is 4.42. The van der Waals surface area contributed by atoms with Gasteiger partial charge in [0.1, 0.15) is 0 Å². The van der Waals surface area contributed by atoms with E-state index in [0.29, 0.717) is 19.8 Å². The Morgan fingerprint density at radius 3 is 2.50 bits per heavy atom. The molecule has 0 aliphatic carbocycles. The van der Waals surface area contributed by atoms with Crippen molar-refractivity contribution in [3.8, 4) is 0 Å². The minimum atomic E-state index is -3.64. The van der Waals surface area contributed by atoms with E-state index >= 15 is 0 Å². The highest BCUT2D eigenvalue weighted by Gasteiger charge is 2.33. The Labute approximate surface area is 118 Å². The summed E-state index contributed by atoms with van der Waals surface area (Å²) in [4.78, 5) is 11.8. The highest BCUT2D eigenvalue weighted by Crippen LogP contribution is 2.24. The lowest BCUT2D eigenvalue weighted by atomic mass is 9.89. The largest absolute Gasteiger partial charge is 0.380 e. The topological polar surface area (TPSA) is 84.5 Å². The summed E-state index contributed by atoms with van der Waals surface area (Å²) in [6.45, 7) is 3.45. The first-order chi connectivity index (χ1) is 9.41. The number of sulfonamides is 1. The van der Waals surface area contributed by atoms with Gasteiger partial charge in [-0.1, -0.05) is 25.1 Å². The van der Waals surface area contributed by atoms with Crippen LogP contribution in [-0.2, 0) is 19.6 Å². The van der Waals surface area contributed by atoms with Crippen molar-refractivity contribution in [3.05, 3.63) is 30.3 Å². The molecule has 0 aromatic heterocycles. The Morgan fingerprint density at radius 1 is 1.30 bits per heavy atom. The van der Waals surface area contributed by atoms with Gasteiger partial charge in [-0.3, -0.25) is 4.79 Å². The molecule has 1 aromatic carbocycles. The summed E-state index contributed by atoms with van der Waals surface area (Å²) in [6.07, 6.45) is 0. The Morgan fingerprint density at radius 2 is 1.95 bits per heavy atom. The minimum Gasteiger partial charge on any atom is -0.380 e. The fourth-order valence-corrected chi connectivity index (χ4v) is 2.77. The average Bonchev–Trinajstić information content (AvgIpc) is 2.42. The molecule has 1 fully saturated rings. The molecule has 6 nitrogen and oxygen atoms in total. The van der Waals surface area contributed by atoms with Gasteiger partial charge in [0, 0.05) is 12.0 Å². The monoisotopic (exact) mass is 298 g/mol. The zero-order valence-electron chi connectivity index (χ0n) is 11.3. The van der Waals surface area contributed by atoms with Gasteiger partial charge in [0.05, 0.1) is 24.7 Å². The molecule has 1 aromatic rings. The van der Waals surface area contributed by atoms with E-state index in [0.717, 1.165) is 0 Å². The summed E-state index contributed by atoms with van der Waals surface area (Å²) >= 11 is 0. The van der Waals surface area contributed by atoms with Crippen LogP contribution in [0.2, 0.25) is 0 Å². The predicted molar refractivity (Wildman–Crippen MR) is 73.6 cm³/mol. The van der Waals surface area contributed by atoms with Crippen LogP contribution in [0.15, 0.2) is 35.2 Å². The molecule has 0 atom stereocenters. The van der Waals surface area contributed by atoms with E-state index in [1.807, 2.05) is 6.92 Å². The van der Waals surface area contributed by atoms with E-state index in [4.69, 9.17) is 4.74 Å². The molecule has 0 saturated carbocycles. The van der Waals surface area contributed by atoms with E-state index in [1.165, 1.54) is 12.1 Å². The van der Waals surface area contributed by atoms with E-state index in [9.17, 15) is 13.2 Å². The van der Waals surface area contributed by atoms with Crippen molar-refractivity contribution in [1.82, 2.24) is 10.0 Å². The second-order valence-electron chi connectivity index (χ2n) is 5.22. The lowest BCUT2D eigenvalue weighted by Gasteiger charge is -2.38. The molecule has 1 saturated heterocycles. The zero-order valence-corrected chi connectivity index (χ0v) is 12.1. The molecule has 1 aliphatic rings. The number of rotatable bonds is 6. The van der Waals surface area contributed by atoms with Crippen molar-refractivity contribution in [2.45, 2.75) is 11.8 Å². The summed E-state index contributed by atoms with van der Waals surface area (Å²) in [7, 11) is -3.64. The number of amides is 1. The van der Waals surface area contributed by atoms with E-state index in [2.05, 4.69) is 10.0 Å². The van der Waals surface area contributed by atoms with E-state index in [1.54, 1.807) is 18.2 Å². The number of nitrogens with one attached hydrogen (secondary N) is 2. The molecule has 1 aliphatic heterocycles. The number of ether oxygens (including phenoxy) is 1. The predicted octanol–water partition coefficient (Wildman–Crippen LogP) is 0.118. The smallest absolute Gasteiger partial charge is 0.241 e. The zero-order chi connectivity index (χ0) is 14.6. The van der Waals surface area contributed by atoms with Crippen LogP contribution in [-0.4, -0.2) is 40.6 Å². The van der Waals surface area contributed by atoms with Gasteiger partial charge < -0.3 is 10.1 Å². The van der Waals surface area contributed by atoms with Crippen molar-refractivity contribution < 1.29 is 17.9 Å². The maximum absolute atomic E-state index is 11.9. The molecule has 1 amide bonds. The molecule has 20 heavy (non-hydrogen) atoms. The van der Waals surface area contributed by atoms with Gasteiger partial charge in [-0.25, -0.2) is 13.1 Å². The fourth-order valence-electron chi connectivity index (χ4n) is 1.77. The summed E-state index contributed by atoms with van der Waals surface area (Å²) < 4.78 is 31.1. The fraction of sp³-hybridized carbons (Fsp3) is 0.462. The van der Waals surface area contributed by atoms with Gasteiger partial charge >= 0.3 is 0 Å². The van der Waals surface area contributed by atoms with E-state index < -0.39 is 10.0 Å². The molecule has 0 radical (unpaired) electrons.